The summed E-state index contributed by atoms with van der Waals surface area (Å²) in [4.78, 5) is 35.0. The molecule has 152 valence electrons. The fourth-order valence-corrected chi connectivity index (χ4v) is 4.21. The van der Waals surface area contributed by atoms with Crippen molar-refractivity contribution >= 4 is 29.0 Å². The molecule has 1 N–H and O–H groups in total. The highest BCUT2D eigenvalue weighted by Gasteiger charge is 2.34. The van der Waals surface area contributed by atoms with E-state index in [1.54, 1.807) is 19.1 Å². The lowest BCUT2D eigenvalue weighted by molar-refractivity contribution is -0.384. The first-order valence-electron chi connectivity index (χ1n) is 8.90. The Kier molecular flexibility index (Phi) is 6.18. The van der Waals surface area contributed by atoms with E-state index >= 15 is 0 Å². The summed E-state index contributed by atoms with van der Waals surface area (Å²) in [6.45, 7) is 3.17. The Labute approximate surface area is 176 Å². The molecule has 1 aromatic carbocycles. The van der Waals surface area contributed by atoms with E-state index in [1.807, 2.05) is 0 Å². The second-order valence-corrected chi connectivity index (χ2v) is 7.52. The fourth-order valence-electron chi connectivity index (χ4n) is 3.22. The highest BCUT2D eigenvalue weighted by atomic mass is 32.2. The van der Waals surface area contributed by atoms with Crippen molar-refractivity contribution in [2.75, 3.05) is 5.75 Å². The summed E-state index contributed by atoms with van der Waals surface area (Å²) in [5.41, 5.74) is 1.56. The van der Waals surface area contributed by atoms with Gasteiger partial charge in [0.1, 0.15) is 5.76 Å². The van der Waals surface area contributed by atoms with E-state index in [0.717, 1.165) is 11.8 Å². The SMILES string of the molecule is CC(=O)C1=C(C)NC(SCC(=O)c2ccc([N+](=O)[O-])cc2)=C(C#N)C1c1ccco1. The molecule has 0 bridgehead atoms. The molecule has 0 amide bonds. The summed E-state index contributed by atoms with van der Waals surface area (Å²) in [6.07, 6.45) is 1.48. The minimum Gasteiger partial charge on any atom is -0.468 e. The van der Waals surface area contributed by atoms with Crippen molar-refractivity contribution in [1.29, 1.82) is 5.26 Å². The normalized spacial score (nSPS) is 16.1. The molecule has 1 aromatic heterocycles. The Morgan fingerprint density at radius 2 is 2.00 bits per heavy atom. The number of thioether (sulfide) groups is 1. The van der Waals surface area contributed by atoms with Crippen molar-refractivity contribution in [2.45, 2.75) is 19.8 Å². The van der Waals surface area contributed by atoms with E-state index < -0.39 is 10.8 Å². The van der Waals surface area contributed by atoms with Gasteiger partial charge in [-0.25, -0.2) is 0 Å². The molecular formula is C21H17N3O5S. The molecule has 3 rings (SSSR count). The van der Waals surface area contributed by atoms with Crippen LogP contribution in [0.2, 0.25) is 0 Å². The maximum atomic E-state index is 12.5. The Bertz CT molecular complexity index is 1110. The van der Waals surface area contributed by atoms with Crippen LogP contribution in [-0.4, -0.2) is 22.2 Å². The average molecular weight is 423 g/mol. The van der Waals surface area contributed by atoms with Crippen LogP contribution in [0.4, 0.5) is 5.69 Å². The number of benzene rings is 1. The Morgan fingerprint density at radius 1 is 1.30 bits per heavy atom. The van der Waals surface area contributed by atoms with Gasteiger partial charge in [-0.15, -0.1) is 0 Å². The van der Waals surface area contributed by atoms with Gasteiger partial charge in [-0.1, -0.05) is 11.8 Å². The zero-order valence-corrected chi connectivity index (χ0v) is 17.0. The van der Waals surface area contributed by atoms with Gasteiger partial charge in [0, 0.05) is 29.0 Å². The van der Waals surface area contributed by atoms with Gasteiger partial charge in [-0.3, -0.25) is 19.7 Å². The number of nitro benzene ring substituents is 1. The molecule has 0 aliphatic carbocycles. The molecule has 30 heavy (non-hydrogen) atoms. The van der Waals surface area contributed by atoms with Crippen molar-refractivity contribution < 1.29 is 18.9 Å². The predicted molar refractivity (Wildman–Crippen MR) is 110 cm³/mol. The number of hydrogen-bond acceptors (Lipinski definition) is 8. The van der Waals surface area contributed by atoms with Crippen LogP contribution < -0.4 is 5.32 Å². The van der Waals surface area contributed by atoms with Gasteiger partial charge < -0.3 is 9.73 Å². The van der Waals surface area contributed by atoms with Gasteiger partial charge in [0.2, 0.25) is 0 Å². The van der Waals surface area contributed by atoms with Crippen LogP contribution in [-0.2, 0) is 4.79 Å². The van der Waals surface area contributed by atoms with Gasteiger partial charge in [-0.2, -0.15) is 5.26 Å². The topological polar surface area (TPSA) is 126 Å². The molecule has 9 heteroatoms. The van der Waals surface area contributed by atoms with Crippen molar-refractivity contribution in [3.8, 4) is 6.07 Å². The second kappa shape index (κ2) is 8.80. The maximum absolute atomic E-state index is 12.5. The Hall–Kier alpha value is -3.64. The number of non-ortho nitro benzene ring substituents is 1. The minimum atomic E-state index is -0.652. The summed E-state index contributed by atoms with van der Waals surface area (Å²) < 4.78 is 5.48. The number of ketones is 2. The highest BCUT2D eigenvalue weighted by Crippen LogP contribution is 2.41. The summed E-state index contributed by atoms with van der Waals surface area (Å²) in [5.74, 6) is -0.591. The monoisotopic (exact) mass is 423 g/mol. The molecule has 2 heterocycles. The van der Waals surface area contributed by atoms with Crippen molar-refractivity contribution in [3.05, 3.63) is 86.0 Å². The van der Waals surface area contributed by atoms with E-state index in [-0.39, 0.29) is 23.0 Å². The molecule has 0 radical (unpaired) electrons. The zero-order valence-electron chi connectivity index (χ0n) is 16.2. The Morgan fingerprint density at radius 3 is 2.53 bits per heavy atom. The molecule has 8 nitrogen and oxygen atoms in total. The standard InChI is InChI=1S/C21H17N3O5S/c1-12-19(13(2)25)20(18-4-3-9-29-18)16(10-22)21(23-12)30-11-17(26)14-5-7-15(8-6-14)24(27)28/h3-9,20,23H,11H2,1-2H3. The molecule has 1 unspecified atom stereocenters. The van der Waals surface area contributed by atoms with E-state index in [0.29, 0.717) is 33.2 Å². The molecule has 0 spiro atoms. The van der Waals surface area contributed by atoms with Gasteiger partial charge in [0.15, 0.2) is 11.6 Å². The Balaban J connectivity index is 1.86. The number of carbonyl (C=O) groups is 2. The van der Waals surface area contributed by atoms with Crippen LogP contribution in [0.15, 0.2) is 69.0 Å². The number of carbonyl (C=O) groups excluding carboxylic acids is 2. The molecule has 0 saturated heterocycles. The third-order valence-electron chi connectivity index (χ3n) is 4.60. The molecule has 1 aliphatic rings. The summed E-state index contributed by atoms with van der Waals surface area (Å²) in [7, 11) is 0. The number of allylic oxidation sites excluding steroid dienone is 3. The van der Waals surface area contributed by atoms with Crippen LogP contribution in [0, 0.1) is 21.4 Å². The van der Waals surface area contributed by atoms with Gasteiger partial charge in [-0.05, 0) is 38.1 Å². The van der Waals surface area contributed by atoms with Gasteiger partial charge >= 0.3 is 0 Å². The fraction of sp³-hybridized carbons (Fsp3) is 0.190. The number of dihydropyridines is 1. The quantitative estimate of drug-likeness (QED) is 0.401. The van der Waals surface area contributed by atoms with Crippen LogP contribution in [0.3, 0.4) is 0 Å². The average Bonchev–Trinajstić information content (AvgIpc) is 3.25. The zero-order chi connectivity index (χ0) is 21.8. The third kappa shape index (κ3) is 4.18. The molecule has 1 aliphatic heterocycles. The number of rotatable bonds is 7. The second-order valence-electron chi connectivity index (χ2n) is 6.54. The summed E-state index contributed by atoms with van der Waals surface area (Å²) in [5, 5.41) is 24.1. The van der Waals surface area contributed by atoms with E-state index in [1.165, 1.54) is 37.5 Å². The predicted octanol–water partition coefficient (Wildman–Crippen LogP) is 4.09. The number of hydrogen-bond donors (Lipinski definition) is 1. The van der Waals surface area contributed by atoms with Crippen LogP contribution >= 0.6 is 11.8 Å². The maximum Gasteiger partial charge on any atom is 0.269 e. The highest BCUT2D eigenvalue weighted by molar-refractivity contribution is 8.03. The number of nitriles is 1. The van der Waals surface area contributed by atoms with Crippen molar-refractivity contribution in [2.24, 2.45) is 0 Å². The van der Waals surface area contributed by atoms with Crippen molar-refractivity contribution in [1.82, 2.24) is 5.32 Å². The molecule has 2 aromatic rings. The smallest absolute Gasteiger partial charge is 0.269 e. The van der Waals surface area contributed by atoms with E-state index in [4.69, 9.17) is 4.42 Å². The first kappa shape index (κ1) is 21.1. The lowest BCUT2D eigenvalue weighted by Crippen LogP contribution is -2.27. The first-order valence-corrected chi connectivity index (χ1v) is 9.89. The van der Waals surface area contributed by atoms with Crippen LogP contribution in [0.25, 0.3) is 0 Å². The third-order valence-corrected chi connectivity index (χ3v) is 5.62. The first-order chi connectivity index (χ1) is 14.3. The van der Waals surface area contributed by atoms with Gasteiger partial charge in [0.05, 0.1) is 39.5 Å². The summed E-state index contributed by atoms with van der Waals surface area (Å²) in [6, 6.07) is 10.9. The number of furan rings is 1. The largest absolute Gasteiger partial charge is 0.468 e. The van der Waals surface area contributed by atoms with Crippen LogP contribution in [0.5, 0.6) is 0 Å². The summed E-state index contributed by atoms with van der Waals surface area (Å²) >= 11 is 1.14. The molecule has 0 fully saturated rings. The van der Waals surface area contributed by atoms with Gasteiger partial charge in [0.25, 0.3) is 5.69 Å². The van der Waals surface area contributed by atoms with E-state index in [2.05, 4.69) is 11.4 Å². The lowest BCUT2D eigenvalue weighted by atomic mass is 9.84. The molecular weight excluding hydrogens is 406 g/mol. The number of nitrogens with zero attached hydrogens (tertiary/aromatic N) is 2. The van der Waals surface area contributed by atoms with Crippen LogP contribution in [0.1, 0.15) is 35.9 Å². The number of Topliss-reactive ketones (excluding diaryl/α,β-unsaturated/α-hetero) is 2. The number of nitrogens with one attached hydrogen (secondary N) is 1. The van der Waals surface area contributed by atoms with E-state index in [9.17, 15) is 25.0 Å². The van der Waals surface area contributed by atoms with Crippen molar-refractivity contribution in [3.63, 3.8) is 0 Å². The molecule has 1 atom stereocenters. The lowest BCUT2D eigenvalue weighted by Gasteiger charge is -2.27. The number of nitro groups is 1. The minimum absolute atomic E-state index is 0.0128. The molecule has 0 saturated carbocycles.